The number of nitrogens with one attached hydrogen (secondary N) is 2. The topological polar surface area (TPSA) is 85.0 Å². The minimum Gasteiger partial charge on any atom is -0.466 e. The maximum absolute atomic E-state index is 11.8. The summed E-state index contributed by atoms with van der Waals surface area (Å²) in [6.07, 6.45) is 0.647. The molecule has 7 nitrogen and oxygen atoms in total. The molecule has 0 bridgehead atoms. The van der Waals surface area contributed by atoms with Gasteiger partial charge in [-0.15, -0.1) is 5.10 Å². The van der Waals surface area contributed by atoms with Crippen molar-refractivity contribution in [1.82, 2.24) is 20.1 Å². The smallest absolute Gasteiger partial charge is 0.321 e. The van der Waals surface area contributed by atoms with Crippen molar-refractivity contribution in [2.24, 2.45) is 0 Å². The minimum atomic E-state index is -0.320. The number of carbonyl (C=O) groups is 1. The van der Waals surface area contributed by atoms with Crippen LogP contribution in [0.15, 0.2) is 16.5 Å². The highest BCUT2D eigenvalue weighted by Crippen LogP contribution is 2.09. The second-order valence-corrected chi connectivity index (χ2v) is 5.16. The number of rotatable bonds is 5. The molecule has 2 amide bonds. The molecule has 0 aliphatic carbocycles. The van der Waals surface area contributed by atoms with Gasteiger partial charge in [-0.05, 0) is 39.8 Å². The number of urea groups is 1. The number of aryl methyl sites for hydroxylation is 2. The summed E-state index contributed by atoms with van der Waals surface area (Å²) < 4.78 is 7.19. The van der Waals surface area contributed by atoms with Crippen LogP contribution in [0.2, 0.25) is 0 Å². The summed E-state index contributed by atoms with van der Waals surface area (Å²) in [5, 5.41) is 9.61. The van der Waals surface area contributed by atoms with Crippen LogP contribution in [-0.2, 0) is 6.42 Å². The third-order valence-electron chi connectivity index (χ3n) is 2.97. The fourth-order valence-corrected chi connectivity index (χ4v) is 2.01. The summed E-state index contributed by atoms with van der Waals surface area (Å²) in [6, 6.07) is 3.70. The first-order valence-corrected chi connectivity index (χ1v) is 6.99. The van der Waals surface area contributed by atoms with E-state index in [4.69, 9.17) is 4.42 Å². The summed E-state index contributed by atoms with van der Waals surface area (Å²) >= 11 is 0. The van der Waals surface area contributed by atoms with E-state index in [1.807, 2.05) is 39.8 Å². The van der Waals surface area contributed by atoms with E-state index in [-0.39, 0.29) is 12.1 Å². The van der Waals surface area contributed by atoms with Crippen LogP contribution in [0.5, 0.6) is 0 Å². The second kappa shape index (κ2) is 6.43. The molecule has 114 valence electrons. The van der Waals surface area contributed by atoms with E-state index < -0.39 is 0 Å². The molecule has 0 atom stereocenters. The number of furan rings is 1. The van der Waals surface area contributed by atoms with Gasteiger partial charge in [0.15, 0.2) is 0 Å². The van der Waals surface area contributed by atoms with Gasteiger partial charge >= 0.3 is 6.03 Å². The Balaban J connectivity index is 1.80. The Morgan fingerprint density at radius 1 is 1.38 bits per heavy atom. The van der Waals surface area contributed by atoms with Crippen LogP contribution < -0.4 is 10.6 Å². The molecule has 2 aromatic heterocycles. The van der Waals surface area contributed by atoms with Gasteiger partial charge in [0.05, 0.1) is 0 Å². The molecule has 0 radical (unpaired) electrons. The molecule has 2 N–H and O–H groups in total. The molecular weight excluding hydrogens is 270 g/mol. The van der Waals surface area contributed by atoms with E-state index in [0.29, 0.717) is 18.9 Å². The zero-order chi connectivity index (χ0) is 15.4. The van der Waals surface area contributed by atoms with Gasteiger partial charge in [0.2, 0.25) is 5.95 Å². The molecule has 2 heterocycles. The highest BCUT2D eigenvalue weighted by Gasteiger charge is 2.11. The Morgan fingerprint density at radius 2 is 2.14 bits per heavy atom. The second-order valence-electron chi connectivity index (χ2n) is 5.16. The Bertz CT molecular complexity index is 615. The van der Waals surface area contributed by atoms with E-state index in [2.05, 4.69) is 20.7 Å². The molecule has 7 heteroatoms. The van der Waals surface area contributed by atoms with E-state index in [1.54, 1.807) is 4.68 Å². The van der Waals surface area contributed by atoms with Crippen molar-refractivity contribution in [2.45, 2.75) is 40.2 Å². The molecule has 0 aromatic carbocycles. The van der Waals surface area contributed by atoms with Crippen molar-refractivity contribution in [3.05, 3.63) is 29.5 Å². The Hall–Kier alpha value is -2.31. The van der Waals surface area contributed by atoms with E-state index in [1.165, 1.54) is 0 Å². The van der Waals surface area contributed by atoms with Crippen LogP contribution in [0.1, 0.15) is 37.2 Å². The molecule has 0 aliphatic heterocycles. The number of carbonyl (C=O) groups excluding carboxylic acids is 1. The van der Waals surface area contributed by atoms with Crippen molar-refractivity contribution in [2.75, 3.05) is 11.9 Å². The monoisotopic (exact) mass is 291 g/mol. The number of aromatic nitrogens is 3. The molecule has 0 saturated heterocycles. The SMILES string of the molecule is Cc1ccc(CCNC(=O)Nc2nc(C)n(C(C)C)n2)o1. The largest absolute Gasteiger partial charge is 0.466 e. The molecule has 2 rings (SSSR count). The summed E-state index contributed by atoms with van der Waals surface area (Å²) in [5.41, 5.74) is 0. The molecule has 0 fully saturated rings. The van der Waals surface area contributed by atoms with Gasteiger partial charge in [0.25, 0.3) is 0 Å². The summed E-state index contributed by atoms with van der Waals surface area (Å²) in [4.78, 5) is 16.0. The predicted octanol–water partition coefficient (Wildman–Crippen LogP) is 2.43. The number of anilines is 1. The van der Waals surface area contributed by atoms with Crippen molar-refractivity contribution < 1.29 is 9.21 Å². The molecule has 0 saturated carbocycles. The first-order chi connectivity index (χ1) is 9.95. The Labute approximate surface area is 123 Å². The molecule has 0 aliphatic rings. The quantitative estimate of drug-likeness (QED) is 0.886. The normalized spacial score (nSPS) is 10.9. The van der Waals surface area contributed by atoms with Crippen LogP contribution in [0.3, 0.4) is 0 Å². The zero-order valence-electron chi connectivity index (χ0n) is 12.8. The van der Waals surface area contributed by atoms with Crippen LogP contribution in [0.25, 0.3) is 0 Å². The van der Waals surface area contributed by atoms with Crippen molar-refractivity contribution >= 4 is 12.0 Å². The number of hydrogen-bond donors (Lipinski definition) is 2. The van der Waals surface area contributed by atoms with Gasteiger partial charge in [0.1, 0.15) is 17.3 Å². The van der Waals surface area contributed by atoms with Crippen molar-refractivity contribution in [1.29, 1.82) is 0 Å². The van der Waals surface area contributed by atoms with Crippen molar-refractivity contribution in [3.8, 4) is 0 Å². The number of nitrogens with zero attached hydrogens (tertiary/aromatic N) is 3. The van der Waals surface area contributed by atoms with E-state index in [9.17, 15) is 4.79 Å². The molecule has 2 aromatic rings. The molecule has 21 heavy (non-hydrogen) atoms. The van der Waals surface area contributed by atoms with Gasteiger partial charge in [-0.3, -0.25) is 5.32 Å². The highest BCUT2D eigenvalue weighted by molar-refractivity contribution is 5.87. The molecule has 0 spiro atoms. The Morgan fingerprint density at radius 3 is 2.71 bits per heavy atom. The summed E-state index contributed by atoms with van der Waals surface area (Å²) in [5.74, 6) is 2.80. The zero-order valence-corrected chi connectivity index (χ0v) is 12.8. The van der Waals surface area contributed by atoms with Gasteiger partial charge < -0.3 is 9.73 Å². The minimum absolute atomic E-state index is 0.207. The highest BCUT2D eigenvalue weighted by atomic mass is 16.3. The third-order valence-corrected chi connectivity index (χ3v) is 2.97. The average Bonchev–Trinajstić information content (AvgIpc) is 2.96. The lowest BCUT2D eigenvalue weighted by Gasteiger charge is -2.05. The number of amides is 2. The van der Waals surface area contributed by atoms with Crippen LogP contribution in [-0.4, -0.2) is 27.3 Å². The first-order valence-electron chi connectivity index (χ1n) is 6.99. The van der Waals surface area contributed by atoms with Crippen LogP contribution in [0, 0.1) is 13.8 Å². The fourth-order valence-electron chi connectivity index (χ4n) is 2.01. The average molecular weight is 291 g/mol. The van der Waals surface area contributed by atoms with Crippen LogP contribution >= 0.6 is 0 Å². The predicted molar refractivity (Wildman–Crippen MR) is 79.3 cm³/mol. The van der Waals surface area contributed by atoms with Crippen molar-refractivity contribution in [3.63, 3.8) is 0 Å². The molecular formula is C14H21N5O2. The van der Waals surface area contributed by atoms with Gasteiger partial charge in [0, 0.05) is 19.0 Å². The Kier molecular flexibility index (Phi) is 4.62. The third kappa shape index (κ3) is 4.08. The lowest BCUT2D eigenvalue weighted by molar-refractivity contribution is 0.252. The lowest BCUT2D eigenvalue weighted by Crippen LogP contribution is -2.30. The lowest BCUT2D eigenvalue weighted by atomic mass is 10.3. The standard InChI is InChI=1S/C14H21N5O2/c1-9(2)19-11(4)16-13(18-19)17-14(20)15-8-7-12-6-5-10(3)21-12/h5-6,9H,7-8H2,1-4H3,(H2,15,17,18,20). The maximum Gasteiger partial charge on any atom is 0.321 e. The van der Waals surface area contributed by atoms with Gasteiger partial charge in [-0.2, -0.15) is 4.98 Å². The maximum atomic E-state index is 11.8. The van der Waals surface area contributed by atoms with E-state index >= 15 is 0 Å². The molecule has 0 unspecified atom stereocenters. The number of hydrogen-bond acceptors (Lipinski definition) is 4. The van der Waals surface area contributed by atoms with Crippen LogP contribution in [0.4, 0.5) is 10.7 Å². The fraction of sp³-hybridized carbons (Fsp3) is 0.500. The van der Waals surface area contributed by atoms with Gasteiger partial charge in [-0.25, -0.2) is 9.48 Å². The van der Waals surface area contributed by atoms with E-state index in [0.717, 1.165) is 17.3 Å². The van der Waals surface area contributed by atoms with Gasteiger partial charge in [-0.1, -0.05) is 0 Å². The summed E-state index contributed by atoms with van der Waals surface area (Å²) in [7, 11) is 0. The summed E-state index contributed by atoms with van der Waals surface area (Å²) in [6.45, 7) is 8.26. The first kappa shape index (κ1) is 15.1.